The van der Waals surface area contributed by atoms with Gasteiger partial charge >= 0.3 is 5.97 Å². The van der Waals surface area contributed by atoms with Crippen LogP contribution in [0.15, 0.2) is 57.7 Å². The van der Waals surface area contributed by atoms with Crippen molar-refractivity contribution in [1.82, 2.24) is 14.1 Å². The van der Waals surface area contributed by atoms with Gasteiger partial charge in [-0.15, -0.1) is 11.3 Å². The quantitative estimate of drug-likeness (QED) is 0.495. The molecule has 1 atom stereocenters. The van der Waals surface area contributed by atoms with Gasteiger partial charge in [0.1, 0.15) is 10.0 Å². The Morgan fingerprint density at radius 1 is 1.11 bits per heavy atom. The maximum absolute atomic E-state index is 13.4. The second-order valence-corrected chi connectivity index (χ2v) is 12.8. The van der Waals surface area contributed by atoms with Crippen LogP contribution in [0, 0.1) is 0 Å². The summed E-state index contributed by atoms with van der Waals surface area (Å²) >= 11 is 7.17. The van der Waals surface area contributed by atoms with Crippen LogP contribution in [0.2, 0.25) is 5.02 Å². The van der Waals surface area contributed by atoms with E-state index in [2.05, 4.69) is 4.99 Å². The third-order valence-electron chi connectivity index (χ3n) is 6.62. The Bertz CT molecular complexity index is 1500. The molecule has 2 aliphatic rings. The molecular formula is C25H25ClN4O5S2. The molecule has 0 spiro atoms. The van der Waals surface area contributed by atoms with Crippen molar-refractivity contribution in [3.63, 3.8) is 0 Å². The van der Waals surface area contributed by atoms with Crippen LogP contribution in [0.5, 0.6) is 0 Å². The standard InChI is InChI=1S/C25H25ClN4O5S2/c1-28-9-8-27-24(28)16-2-4-17(5-3-16)25(33)30-11-10-29(15-20(30)14-22(31)32)37(34,35)23-12-18-6-7-19(26)13-21(18)36-23/h2-7,12-13,20H,8-11,14-15H2,1H3,(H,31,32). The minimum atomic E-state index is -3.88. The second-order valence-electron chi connectivity index (χ2n) is 9.07. The Morgan fingerprint density at radius 3 is 2.54 bits per heavy atom. The lowest BCUT2D eigenvalue weighted by Crippen LogP contribution is -2.57. The minimum absolute atomic E-state index is 0.0683. The number of aliphatic carboxylic acids is 1. The number of hydrogen-bond acceptors (Lipinski definition) is 7. The van der Waals surface area contributed by atoms with E-state index >= 15 is 0 Å². The average molecular weight is 561 g/mol. The van der Waals surface area contributed by atoms with Gasteiger partial charge in [0.2, 0.25) is 0 Å². The zero-order valence-corrected chi connectivity index (χ0v) is 22.4. The summed E-state index contributed by atoms with van der Waals surface area (Å²) in [5.41, 5.74) is 1.32. The molecule has 12 heteroatoms. The van der Waals surface area contributed by atoms with Crippen LogP contribution in [0.3, 0.4) is 0 Å². The number of carbonyl (C=O) groups excluding carboxylic acids is 1. The van der Waals surface area contributed by atoms with Gasteiger partial charge in [0, 0.05) is 54.1 Å². The van der Waals surface area contributed by atoms with Gasteiger partial charge in [-0.1, -0.05) is 29.8 Å². The van der Waals surface area contributed by atoms with E-state index in [4.69, 9.17) is 11.6 Å². The number of piperazine rings is 1. The number of benzene rings is 2. The summed E-state index contributed by atoms with van der Waals surface area (Å²) in [4.78, 5) is 33.0. The average Bonchev–Trinajstić information content (AvgIpc) is 3.49. The summed E-state index contributed by atoms with van der Waals surface area (Å²) in [6.45, 7) is 1.62. The van der Waals surface area contributed by atoms with E-state index in [9.17, 15) is 23.1 Å². The van der Waals surface area contributed by atoms with E-state index in [1.807, 2.05) is 24.1 Å². The lowest BCUT2D eigenvalue weighted by atomic mass is 10.1. The lowest BCUT2D eigenvalue weighted by molar-refractivity contribution is -0.138. The van der Waals surface area contributed by atoms with Gasteiger partial charge in [0.15, 0.2) is 0 Å². The van der Waals surface area contributed by atoms with Crippen molar-refractivity contribution in [2.24, 2.45) is 4.99 Å². The number of hydrogen-bond donors (Lipinski definition) is 1. The summed E-state index contributed by atoms with van der Waals surface area (Å²) < 4.78 is 29.1. The molecular weight excluding hydrogens is 536 g/mol. The SMILES string of the molecule is CN1CCN=C1c1ccc(C(=O)N2CCN(S(=O)(=O)c3cc4ccc(Cl)cc4s3)CC2CC(=O)O)cc1. The molecule has 1 N–H and O–H groups in total. The minimum Gasteiger partial charge on any atom is -0.481 e. The van der Waals surface area contributed by atoms with Crippen molar-refractivity contribution in [3.05, 3.63) is 64.7 Å². The summed E-state index contributed by atoms with van der Waals surface area (Å²) in [7, 11) is -1.92. The van der Waals surface area contributed by atoms with Crippen LogP contribution in [-0.2, 0) is 14.8 Å². The van der Waals surface area contributed by atoms with Crippen LogP contribution in [0.1, 0.15) is 22.3 Å². The number of nitrogens with zero attached hydrogens (tertiary/aromatic N) is 4. The number of rotatable bonds is 6. The number of halogens is 1. The molecule has 0 saturated carbocycles. The summed E-state index contributed by atoms with van der Waals surface area (Å²) in [5.74, 6) is -0.561. The fraction of sp³-hybridized carbons (Fsp3) is 0.320. The number of likely N-dealkylation sites (N-methyl/N-ethyl adjacent to an activating group) is 1. The fourth-order valence-electron chi connectivity index (χ4n) is 4.70. The number of amides is 1. The Hall–Kier alpha value is -2.99. The Morgan fingerprint density at radius 2 is 1.86 bits per heavy atom. The first-order valence-corrected chi connectivity index (χ1v) is 14.3. The topological polar surface area (TPSA) is 111 Å². The Kier molecular flexibility index (Phi) is 6.97. The van der Waals surface area contributed by atoms with Gasteiger partial charge in [-0.05, 0) is 35.7 Å². The van der Waals surface area contributed by atoms with Gasteiger partial charge < -0.3 is 14.9 Å². The zero-order valence-electron chi connectivity index (χ0n) is 20.0. The number of fused-ring (bicyclic) bond motifs is 1. The molecule has 3 heterocycles. The van der Waals surface area contributed by atoms with E-state index in [0.29, 0.717) is 10.6 Å². The van der Waals surface area contributed by atoms with Crippen LogP contribution in [-0.4, -0.2) is 91.2 Å². The highest BCUT2D eigenvalue weighted by molar-refractivity contribution is 7.91. The molecule has 1 unspecified atom stereocenters. The van der Waals surface area contributed by atoms with E-state index in [-0.39, 0.29) is 36.2 Å². The third kappa shape index (κ3) is 5.08. The molecule has 1 aromatic heterocycles. The molecule has 5 rings (SSSR count). The van der Waals surface area contributed by atoms with Crippen LogP contribution >= 0.6 is 22.9 Å². The number of aliphatic imine (C=N–C) groups is 1. The highest BCUT2D eigenvalue weighted by atomic mass is 35.5. The molecule has 2 aliphatic heterocycles. The van der Waals surface area contributed by atoms with Gasteiger partial charge in [0.25, 0.3) is 15.9 Å². The maximum atomic E-state index is 13.4. The predicted molar refractivity (Wildman–Crippen MR) is 143 cm³/mol. The maximum Gasteiger partial charge on any atom is 0.305 e. The van der Waals surface area contributed by atoms with Crippen LogP contribution < -0.4 is 0 Å². The van der Waals surface area contributed by atoms with Gasteiger partial charge in [-0.3, -0.25) is 14.6 Å². The first-order valence-electron chi connectivity index (χ1n) is 11.7. The molecule has 1 amide bonds. The number of carboxylic acids is 1. The Labute approximate surface area is 223 Å². The molecule has 194 valence electrons. The summed E-state index contributed by atoms with van der Waals surface area (Å²) in [6, 6.07) is 13.0. The molecule has 9 nitrogen and oxygen atoms in total. The van der Waals surface area contributed by atoms with Gasteiger partial charge in [0.05, 0.1) is 19.0 Å². The third-order valence-corrected chi connectivity index (χ3v) is 10.3. The molecule has 2 aromatic carbocycles. The van der Waals surface area contributed by atoms with Crippen molar-refractivity contribution in [2.75, 3.05) is 39.8 Å². The van der Waals surface area contributed by atoms with E-state index in [1.54, 1.807) is 36.4 Å². The molecule has 0 aliphatic carbocycles. The van der Waals surface area contributed by atoms with Crippen LogP contribution in [0.4, 0.5) is 0 Å². The Balaban J connectivity index is 1.36. The van der Waals surface area contributed by atoms with Gasteiger partial charge in [-0.2, -0.15) is 4.31 Å². The lowest BCUT2D eigenvalue weighted by Gasteiger charge is -2.40. The smallest absolute Gasteiger partial charge is 0.305 e. The molecule has 37 heavy (non-hydrogen) atoms. The van der Waals surface area contributed by atoms with E-state index in [1.165, 1.54) is 9.21 Å². The van der Waals surface area contributed by atoms with Crippen molar-refractivity contribution in [1.29, 1.82) is 0 Å². The largest absolute Gasteiger partial charge is 0.481 e. The molecule has 0 bridgehead atoms. The number of carboxylic acid groups (broad SMARTS) is 1. The molecule has 1 fully saturated rings. The predicted octanol–water partition coefficient (Wildman–Crippen LogP) is 3.24. The fourth-order valence-corrected chi connectivity index (χ4v) is 7.99. The van der Waals surface area contributed by atoms with Crippen molar-refractivity contribution in [3.8, 4) is 0 Å². The van der Waals surface area contributed by atoms with E-state index in [0.717, 1.165) is 45.9 Å². The molecule has 0 radical (unpaired) electrons. The molecule has 3 aromatic rings. The number of carbonyl (C=O) groups is 2. The van der Waals surface area contributed by atoms with Gasteiger partial charge in [-0.25, -0.2) is 8.42 Å². The highest BCUT2D eigenvalue weighted by Gasteiger charge is 2.38. The molecule has 1 saturated heterocycles. The number of amidine groups is 1. The first-order chi connectivity index (χ1) is 17.6. The van der Waals surface area contributed by atoms with Crippen molar-refractivity contribution >= 4 is 60.8 Å². The monoisotopic (exact) mass is 560 g/mol. The number of thiophene rings is 1. The second kappa shape index (κ2) is 10.1. The first kappa shape index (κ1) is 25.7. The normalized spacial score (nSPS) is 18.9. The van der Waals surface area contributed by atoms with E-state index < -0.39 is 22.0 Å². The summed E-state index contributed by atoms with van der Waals surface area (Å²) in [6.07, 6.45) is -0.362. The number of sulfonamides is 1. The van der Waals surface area contributed by atoms with Crippen LogP contribution in [0.25, 0.3) is 10.1 Å². The highest BCUT2D eigenvalue weighted by Crippen LogP contribution is 2.33. The van der Waals surface area contributed by atoms with Crippen molar-refractivity contribution in [2.45, 2.75) is 16.7 Å². The van der Waals surface area contributed by atoms with Crippen molar-refractivity contribution < 1.29 is 23.1 Å². The zero-order chi connectivity index (χ0) is 26.3. The summed E-state index contributed by atoms with van der Waals surface area (Å²) in [5, 5.41) is 10.8.